The van der Waals surface area contributed by atoms with Crippen molar-refractivity contribution in [3.05, 3.63) is 48.0 Å². The van der Waals surface area contributed by atoms with Crippen LogP contribution in [-0.2, 0) is 19.9 Å². The maximum Gasteiger partial charge on any atom is 0.255 e. The third-order valence-electron chi connectivity index (χ3n) is 3.82. The van der Waals surface area contributed by atoms with E-state index in [4.69, 9.17) is 4.74 Å². The molecule has 0 unspecified atom stereocenters. The van der Waals surface area contributed by atoms with Crippen molar-refractivity contribution in [1.29, 1.82) is 0 Å². The van der Waals surface area contributed by atoms with Crippen molar-refractivity contribution in [3.63, 3.8) is 0 Å². The lowest BCUT2D eigenvalue weighted by Gasteiger charge is -2.13. The van der Waals surface area contributed by atoms with E-state index in [1.54, 1.807) is 19.9 Å². The Morgan fingerprint density at radius 3 is 2.11 bits per heavy atom. The Morgan fingerprint density at radius 2 is 1.61 bits per heavy atom. The van der Waals surface area contributed by atoms with Gasteiger partial charge in [-0.3, -0.25) is 9.52 Å². The van der Waals surface area contributed by atoms with Gasteiger partial charge in [0.25, 0.3) is 5.91 Å². The van der Waals surface area contributed by atoms with Gasteiger partial charge in [0, 0.05) is 11.3 Å². The van der Waals surface area contributed by atoms with E-state index < -0.39 is 31.0 Å². The maximum atomic E-state index is 12.4. The second kappa shape index (κ2) is 8.19. The molecular formula is C18H22N2O6S2. The molecule has 0 saturated heterocycles. The molecule has 10 heteroatoms. The number of amides is 1. The molecule has 1 amide bonds. The van der Waals surface area contributed by atoms with Gasteiger partial charge >= 0.3 is 0 Å². The highest BCUT2D eigenvalue weighted by atomic mass is 32.2. The zero-order valence-corrected chi connectivity index (χ0v) is 17.5. The van der Waals surface area contributed by atoms with Crippen LogP contribution in [0.2, 0.25) is 0 Å². The summed E-state index contributed by atoms with van der Waals surface area (Å²) in [5.74, 6) is -0.171. The standard InChI is InChI=1S/C18H22N2O6S2/c1-12(2)28(24,25)15-8-5-13(6-9-15)18(21)19-14-7-10-17(26-3)16(11-14)20-27(4,22)23/h5-12,20H,1-4H3,(H,19,21). The first kappa shape index (κ1) is 21.7. The summed E-state index contributed by atoms with van der Waals surface area (Å²) in [6.45, 7) is 3.17. The lowest BCUT2D eigenvalue weighted by Crippen LogP contribution is -2.15. The van der Waals surface area contributed by atoms with Crippen molar-refractivity contribution in [2.24, 2.45) is 0 Å². The smallest absolute Gasteiger partial charge is 0.255 e. The van der Waals surface area contributed by atoms with Crippen LogP contribution < -0.4 is 14.8 Å². The first-order valence-electron chi connectivity index (χ1n) is 8.25. The fourth-order valence-electron chi connectivity index (χ4n) is 2.34. The molecule has 0 aromatic heterocycles. The molecule has 0 atom stereocenters. The fourth-order valence-corrected chi connectivity index (χ4v) is 3.96. The largest absolute Gasteiger partial charge is 0.495 e. The average molecular weight is 427 g/mol. The summed E-state index contributed by atoms with van der Waals surface area (Å²) in [5, 5.41) is 2.08. The van der Waals surface area contributed by atoms with Crippen LogP contribution in [0.25, 0.3) is 0 Å². The molecule has 0 saturated carbocycles. The number of carbonyl (C=O) groups is 1. The van der Waals surface area contributed by atoms with E-state index in [0.717, 1.165) is 6.26 Å². The van der Waals surface area contributed by atoms with Crippen LogP contribution in [0.1, 0.15) is 24.2 Å². The summed E-state index contributed by atoms with van der Waals surface area (Å²) in [6, 6.07) is 10.1. The molecule has 0 aliphatic heterocycles. The number of nitrogens with one attached hydrogen (secondary N) is 2. The minimum Gasteiger partial charge on any atom is -0.495 e. The van der Waals surface area contributed by atoms with Crippen LogP contribution >= 0.6 is 0 Å². The Morgan fingerprint density at radius 1 is 1.00 bits per heavy atom. The number of anilines is 2. The van der Waals surface area contributed by atoms with Gasteiger partial charge in [-0.05, 0) is 56.3 Å². The molecule has 2 aromatic carbocycles. The molecule has 28 heavy (non-hydrogen) atoms. The Labute approximate surface area is 164 Å². The SMILES string of the molecule is COc1ccc(NC(=O)c2ccc(S(=O)(=O)C(C)C)cc2)cc1NS(C)(=O)=O. The van der Waals surface area contributed by atoms with Crippen LogP contribution in [0.3, 0.4) is 0 Å². The van der Waals surface area contributed by atoms with E-state index in [1.807, 2.05) is 0 Å². The third kappa shape index (κ3) is 5.23. The summed E-state index contributed by atoms with van der Waals surface area (Å²) in [5.41, 5.74) is 0.785. The van der Waals surface area contributed by atoms with Crippen LogP contribution in [0.4, 0.5) is 11.4 Å². The quantitative estimate of drug-likeness (QED) is 0.702. The van der Waals surface area contributed by atoms with Gasteiger partial charge in [0.1, 0.15) is 5.75 Å². The maximum absolute atomic E-state index is 12.4. The second-order valence-electron chi connectivity index (χ2n) is 6.36. The van der Waals surface area contributed by atoms with Crippen LogP contribution in [0, 0.1) is 0 Å². The Bertz CT molecular complexity index is 1080. The van der Waals surface area contributed by atoms with Gasteiger partial charge in [-0.2, -0.15) is 0 Å². The van der Waals surface area contributed by atoms with Gasteiger partial charge in [-0.15, -0.1) is 0 Å². The van der Waals surface area contributed by atoms with Gasteiger partial charge < -0.3 is 10.1 Å². The van der Waals surface area contributed by atoms with Crippen LogP contribution in [0.15, 0.2) is 47.4 Å². The normalized spacial score (nSPS) is 11.9. The van der Waals surface area contributed by atoms with E-state index in [0.29, 0.717) is 11.4 Å². The molecule has 8 nitrogen and oxygen atoms in total. The fraction of sp³-hybridized carbons (Fsp3) is 0.278. The lowest BCUT2D eigenvalue weighted by atomic mass is 10.2. The van der Waals surface area contributed by atoms with Crippen molar-refractivity contribution >= 4 is 37.1 Å². The minimum atomic E-state index is -3.53. The predicted molar refractivity (Wildman–Crippen MR) is 108 cm³/mol. The summed E-state index contributed by atoms with van der Waals surface area (Å²) in [4.78, 5) is 12.6. The van der Waals surface area contributed by atoms with Crippen molar-refractivity contribution in [3.8, 4) is 5.75 Å². The molecular weight excluding hydrogens is 404 g/mol. The monoisotopic (exact) mass is 426 g/mol. The van der Waals surface area contributed by atoms with Crippen molar-refractivity contribution in [1.82, 2.24) is 0 Å². The number of methoxy groups -OCH3 is 1. The first-order chi connectivity index (χ1) is 12.9. The van der Waals surface area contributed by atoms with Gasteiger partial charge in [-0.1, -0.05) is 0 Å². The number of ether oxygens (including phenoxy) is 1. The zero-order chi connectivity index (χ0) is 21.1. The molecule has 2 aromatic rings. The highest BCUT2D eigenvalue weighted by Gasteiger charge is 2.19. The zero-order valence-electron chi connectivity index (χ0n) is 15.9. The average Bonchev–Trinajstić information content (AvgIpc) is 2.60. The predicted octanol–water partition coefficient (Wildman–Crippen LogP) is 2.50. The van der Waals surface area contributed by atoms with Crippen LogP contribution in [0.5, 0.6) is 5.75 Å². The number of hydrogen-bond donors (Lipinski definition) is 2. The molecule has 0 heterocycles. The number of sulfonamides is 1. The highest BCUT2D eigenvalue weighted by Crippen LogP contribution is 2.29. The number of rotatable bonds is 7. The van der Waals surface area contributed by atoms with Crippen LogP contribution in [-0.4, -0.2) is 41.4 Å². The molecule has 0 radical (unpaired) electrons. The van der Waals surface area contributed by atoms with Gasteiger partial charge in [0.15, 0.2) is 9.84 Å². The minimum absolute atomic E-state index is 0.142. The summed E-state index contributed by atoms with van der Waals surface area (Å²) in [6.07, 6.45) is 1.00. The Kier molecular flexibility index (Phi) is 6.35. The van der Waals surface area contributed by atoms with Gasteiger partial charge in [0.05, 0.1) is 29.2 Å². The topological polar surface area (TPSA) is 119 Å². The molecule has 0 fully saturated rings. The highest BCUT2D eigenvalue weighted by molar-refractivity contribution is 7.92. The van der Waals surface area contributed by atoms with Gasteiger partial charge in [-0.25, -0.2) is 16.8 Å². The second-order valence-corrected chi connectivity index (χ2v) is 10.6. The first-order valence-corrected chi connectivity index (χ1v) is 11.7. The van der Waals surface area contributed by atoms with E-state index in [2.05, 4.69) is 10.0 Å². The number of benzene rings is 2. The number of hydrogen-bond acceptors (Lipinski definition) is 6. The molecule has 0 spiro atoms. The van der Waals surface area contributed by atoms with Crippen molar-refractivity contribution in [2.45, 2.75) is 24.0 Å². The Hall–Kier alpha value is -2.59. The molecule has 152 valence electrons. The van der Waals surface area contributed by atoms with Gasteiger partial charge in [0.2, 0.25) is 10.0 Å². The lowest BCUT2D eigenvalue weighted by molar-refractivity contribution is 0.102. The molecule has 2 rings (SSSR count). The summed E-state index contributed by atoms with van der Waals surface area (Å²) in [7, 11) is -5.56. The molecule has 0 bridgehead atoms. The van der Waals surface area contributed by atoms with E-state index in [9.17, 15) is 21.6 Å². The van der Waals surface area contributed by atoms with Crippen molar-refractivity contribution in [2.75, 3.05) is 23.4 Å². The van der Waals surface area contributed by atoms with E-state index >= 15 is 0 Å². The number of carbonyl (C=O) groups excluding carboxylic acids is 1. The van der Waals surface area contributed by atoms with E-state index in [1.165, 1.54) is 43.5 Å². The molecule has 0 aliphatic rings. The van der Waals surface area contributed by atoms with Crippen molar-refractivity contribution < 1.29 is 26.4 Å². The van der Waals surface area contributed by atoms with E-state index in [-0.39, 0.29) is 16.1 Å². The number of sulfone groups is 1. The molecule has 2 N–H and O–H groups in total. The molecule has 0 aliphatic carbocycles. The Balaban J connectivity index is 2.24. The summed E-state index contributed by atoms with van der Waals surface area (Å²) < 4.78 is 54.7. The third-order valence-corrected chi connectivity index (χ3v) is 6.58. The summed E-state index contributed by atoms with van der Waals surface area (Å²) >= 11 is 0.